The highest BCUT2D eigenvalue weighted by atomic mass is 16.7. The topological polar surface area (TPSA) is 81.9 Å². The highest BCUT2D eigenvalue weighted by Crippen LogP contribution is 2.23. The first-order chi connectivity index (χ1) is 6.70. The quantitative estimate of drug-likeness (QED) is 0.700. The Labute approximate surface area is 89.3 Å². The molecule has 0 aromatic heterocycles. The Morgan fingerprint density at radius 2 is 1.80 bits per heavy atom. The fourth-order valence-corrected chi connectivity index (χ4v) is 0.969. The van der Waals surface area contributed by atoms with Gasteiger partial charge in [0.2, 0.25) is 0 Å². The van der Waals surface area contributed by atoms with Crippen molar-refractivity contribution < 1.29 is 19.2 Å². The number of primary amides is 1. The maximum atomic E-state index is 11.7. The lowest BCUT2D eigenvalue weighted by Gasteiger charge is -2.30. The van der Waals surface area contributed by atoms with Gasteiger partial charge in [0.1, 0.15) is 0 Å². The molecule has 15 heavy (non-hydrogen) atoms. The van der Waals surface area contributed by atoms with Crippen LogP contribution in [-0.2, 0) is 14.4 Å². The van der Waals surface area contributed by atoms with Crippen LogP contribution in [0.15, 0.2) is 0 Å². The van der Waals surface area contributed by atoms with Gasteiger partial charge in [0.05, 0.1) is 7.11 Å². The summed E-state index contributed by atoms with van der Waals surface area (Å²) in [5.41, 5.74) is 4.35. The van der Waals surface area contributed by atoms with Crippen LogP contribution in [0.1, 0.15) is 20.8 Å². The molecule has 88 valence electrons. The summed E-state index contributed by atoms with van der Waals surface area (Å²) < 4.78 is 4.77. The van der Waals surface area contributed by atoms with Crippen LogP contribution in [0.4, 0.5) is 4.79 Å². The number of amides is 2. The summed E-state index contributed by atoms with van der Waals surface area (Å²) in [6.45, 7) is 5.30. The van der Waals surface area contributed by atoms with Crippen LogP contribution in [-0.4, -0.2) is 37.3 Å². The van der Waals surface area contributed by atoms with Gasteiger partial charge in [-0.25, -0.2) is 9.86 Å². The number of carbonyl (C=O) groups excluding carboxylic acids is 2. The second-order valence-electron chi connectivity index (χ2n) is 4.20. The van der Waals surface area contributed by atoms with Crippen LogP contribution in [0, 0.1) is 5.41 Å². The van der Waals surface area contributed by atoms with Crippen LogP contribution in [0.25, 0.3) is 0 Å². The lowest BCUT2D eigenvalue weighted by atomic mass is 9.88. The number of rotatable bonds is 3. The van der Waals surface area contributed by atoms with Crippen LogP contribution < -0.4 is 5.73 Å². The van der Waals surface area contributed by atoms with Crippen molar-refractivity contribution in [2.45, 2.75) is 26.9 Å². The fourth-order valence-electron chi connectivity index (χ4n) is 0.969. The third-order valence-electron chi connectivity index (χ3n) is 1.83. The van der Waals surface area contributed by atoms with Crippen molar-refractivity contribution in [3.05, 3.63) is 0 Å². The monoisotopic (exact) mass is 218 g/mol. The molecule has 0 fully saturated rings. The Kier molecular flexibility index (Phi) is 4.54. The number of hydroxylamine groups is 2. The van der Waals surface area contributed by atoms with Crippen LogP contribution in [0.2, 0.25) is 0 Å². The van der Waals surface area contributed by atoms with E-state index in [1.165, 1.54) is 14.2 Å². The van der Waals surface area contributed by atoms with Gasteiger partial charge in [0.25, 0.3) is 5.91 Å². The Balaban J connectivity index is 4.79. The number of likely N-dealkylation sites (N-methyl/N-ethyl adjacent to an activating group) is 1. The predicted octanol–water partition coefficient (Wildman–Crippen LogP) is 0.516. The lowest BCUT2D eigenvalue weighted by Crippen LogP contribution is -2.46. The first-order valence-electron chi connectivity index (χ1n) is 4.48. The zero-order valence-electron chi connectivity index (χ0n) is 9.73. The van der Waals surface area contributed by atoms with Crippen molar-refractivity contribution in [2.75, 3.05) is 14.2 Å². The maximum Gasteiger partial charge on any atom is 0.405 e. The summed E-state index contributed by atoms with van der Waals surface area (Å²) in [5, 5.41) is 0.999. The van der Waals surface area contributed by atoms with Crippen LogP contribution >= 0.6 is 0 Å². The minimum absolute atomic E-state index is 0.455. The summed E-state index contributed by atoms with van der Waals surface area (Å²) in [4.78, 5) is 27.1. The Morgan fingerprint density at radius 1 is 1.33 bits per heavy atom. The van der Waals surface area contributed by atoms with E-state index in [1.54, 1.807) is 20.8 Å². The molecule has 6 heteroatoms. The molecular weight excluding hydrogens is 200 g/mol. The molecule has 2 amide bonds. The molecule has 0 spiro atoms. The van der Waals surface area contributed by atoms with Gasteiger partial charge in [-0.2, -0.15) is 0 Å². The van der Waals surface area contributed by atoms with E-state index in [-0.39, 0.29) is 0 Å². The predicted molar refractivity (Wildman–Crippen MR) is 53.7 cm³/mol. The molecule has 0 saturated carbocycles. The molecule has 6 nitrogen and oxygen atoms in total. The molecule has 0 aliphatic heterocycles. The Bertz CT molecular complexity index is 247. The van der Waals surface area contributed by atoms with Gasteiger partial charge >= 0.3 is 6.09 Å². The van der Waals surface area contributed by atoms with Gasteiger partial charge in [-0.3, -0.25) is 9.63 Å². The average molecular weight is 218 g/mol. The van der Waals surface area contributed by atoms with Crippen LogP contribution in [0.5, 0.6) is 0 Å². The molecule has 2 N–H and O–H groups in total. The molecule has 0 aromatic rings. The van der Waals surface area contributed by atoms with E-state index < -0.39 is 23.5 Å². The van der Waals surface area contributed by atoms with E-state index in [9.17, 15) is 9.59 Å². The molecular formula is C9H18N2O4. The number of nitrogens with zero attached hydrogens (tertiary/aromatic N) is 1. The van der Waals surface area contributed by atoms with Crippen molar-refractivity contribution in [1.82, 2.24) is 5.06 Å². The smallest absolute Gasteiger partial charge is 0.405 e. The largest absolute Gasteiger partial charge is 0.436 e. The second kappa shape index (κ2) is 4.97. The standard InChI is InChI=1S/C9H18N2O4/c1-9(2,3)6(15-8(10)13)7(12)11(4)14-5/h6H,1-5H3,(H2,10,13). The van der Waals surface area contributed by atoms with E-state index in [1.807, 2.05) is 0 Å². The molecule has 0 aliphatic carbocycles. The van der Waals surface area contributed by atoms with E-state index in [0.717, 1.165) is 5.06 Å². The number of hydrogen-bond acceptors (Lipinski definition) is 4. The first-order valence-corrected chi connectivity index (χ1v) is 4.48. The number of hydrogen-bond donors (Lipinski definition) is 1. The third kappa shape index (κ3) is 4.16. The van der Waals surface area contributed by atoms with Gasteiger partial charge in [0.15, 0.2) is 6.10 Å². The molecule has 0 radical (unpaired) electrons. The minimum Gasteiger partial charge on any atom is -0.436 e. The van der Waals surface area contributed by atoms with Gasteiger partial charge in [-0.1, -0.05) is 20.8 Å². The third-order valence-corrected chi connectivity index (χ3v) is 1.83. The van der Waals surface area contributed by atoms with Crippen molar-refractivity contribution in [3.63, 3.8) is 0 Å². The van der Waals surface area contributed by atoms with E-state index >= 15 is 0 Å². The van der Waals surface area contributed by atoms with Gasteiger partial charge in [-0.05, 0) is 0 Å². The second-order valence-corrected chi connectivity index (χ2v) is 4.20. The van der Waals surface area contributed by atoms with Crippen molar-refractivity contribution in [2.24, 2.45) is 11.1 Å². The average Bonchev–Trinajstić information content (AvgIpc) is 2.09. The molecule has 1 unspecified atom stereocenters. The summed E-state index contributed by atoms with van der Waals surface area (Å²) in [7, 11) is 2.79. The number of nitrogens with two attached hydrogens (primary N) is 1. The first kappa shape index (κ1) is 13.7. The maximum absolute atomic E-state index is 11.7. The normalized spacial score (nSPS) is 13.1. The van der Waals surface area contributed by atoms with Crippen molar-refractivity contribution in [3.8, 4) is 0 Å². The number of carbonyl (C=O) groups is 2. The SMILES string of the molecule is CON(C)C(=O)C(OC(N)=O)C(C)(C)C. The molecule has 0 heterocycles. The van der Waals surface area contributed by atoms with Crippen molar-refractivity contribution in [1.29, 1.82) is 0 Å². The zero-order valence-corrected chi connectivity index (χ0v) is 9.73. The van der Waals surface area contributed by atoms with E-state index in [0.29, 0.717) is 0 Å². The Hall–Kier alpha value is -1.30. The number of ether oxygens (including phenoxy) is 1. The molecule has 1 atom stereocenters. The Morgan fingerprint density at radius 3 is 2.07 bits per heavy atom. The highest BCUT2D eigenvalue weighted by molar-refractivity contribution is 5.83. The lowest BCUT2D eigenvalue weighted by molar-refractivity contribution is -0.182. The van der Waals surface area contributed by atoms with Gasteiger partial charge < -0.3 is 10.5 Å². The molecule has 0 bridgehead atoms. The minimum atomic E-state index is -0.979. The molecule has 0 aromatic carbocycles. The van der Waals surface area contributed by atoms with Crippen molar-refractivity contribution >= 4 is 12.0 Å². The van der Waals surface area contributed by atoms with Gasteiger partial charge in [-0.15, -0.1) is 0 Å². The summed E-state index contributed by atoms with van der Waals surface area (Å²) in [6.07, 6.45) is -1.94. The van der Waals surface area contributed by atoms with Gasteiger partial charge in [0, 0.05) is 12.5 Å². The van der Waals surface area contributed by atoms with Crippen LogP contribution in [0.3, 0.4) is 0 Å². The van der Waals surface area contributed by atoms with E-state index in [2.05, 4.69) is 0 Å². The summed E-state index contributed by atoms with van der Waals surface area (Å²) >= 11 is 0. The summed E-state index contributed by atoms with van der Waals surface area (Å²) in [6, 6.07) is 0. The molecule has 0 aliphatic rings. The molecule has 0 saturated heterocycles. The highest BCUT2D eigenvalue weighted by Gasteiger charge is 2.36. The van der Waals surface area contributed by atoms with E-state index in [4.69, 9.17) is 15.3 Å². The molecule has 0 rings (SSSR count). The fraction of sp³-hybridized carbons (Fsp3) is 0.778. The summed E-state index contributed by atoms with van der Waals surface area (Å²) in [5.74, 6) is -0.455. The zero-order chi connectivity index (χ0) is 12.2.